The van der Waals surface area contributed by atoms with Gasteiger partial charge in [0.05, 0.1) is 11.0 Å². The third-order valence-electron chi connectivity index (χ3n) is 2.93. The average Bonchev–Trinajstić information content (AvgIpc) is 2.80. The predicted molar refractivity (Wildman–Crippen MR) is 71.7 cm³/mol. The number of thiazole rings is 1. The molecule has 0 aliphatic rings. The Morgan fingerprint density at radius 1 is 1.32 bits per heavy atom. The maximum atomic E-state index is 13.9. The van der Waals surface area contributed by atoms with Gasteiger partial charge in [-0.1, -0.05) is 12.1 Å². The lowest BCUT2D eigenvalue weighted by atomic mass is 10.0. The summed E-state index contributed by atoms with van der Waals surface area (Å²) in [5, 5.41) is 2.75. The summed E-state index contributed by atoms with van der Waals surface area (Å²) in [6, 6.07) is 2.60. The first-order valence-corrected chi connectivity index (χ1v) is 6.72. The molecule has 1 heterocycles. The molecule has 0 saturated carbocycles. The molecule has 0 amide bonds. The van der Waals surface area contributed by atoms with Crippen molar-refractivity contribution in [2.75, 3.05) is 0 Å². The van der Waals surface area contributed by atoms with Crippen LogP contribution in [0.3, 0.4) is 0 Å². The minimum absolute atomic E-state index is 0.221. The van der Waals surface area contributed by atoms with Crippen molar-refractivity contribution in [1.29, 1.82) is 0 Å². The highest BCUT2D eigenvalue weighted by atomic mass is 32.1. The van der Waals surface area contributed by atoms with Gasteiger partial charge in [0.25, 0.3) is 0 Å². The van der Waals surface area contributed by atoms with Crippen molar-refractivity contribution < 1.29 is 8.78 Å². The molecule has 0 fully saturated rings. The van der Waals surface area contributed by atoms with Crippen LogP contribution in [0.15, 0.2) is 17.5 Å². The van der Waals surface area contributed by atoms with Crippen molar-refractivity contribution >= 4 is 11.3 Å². The van der Waals surface area contributed by atoms with E-state index in [2.05, 4.69) is 10.4 Å². The zero-order chi connectivity index (χ0) is 14.0. The summed E-state index contributed by atoms with van der Waals surface area (Å²) < 4.78 is 27.5. The molecule has 0 aliphatic carbocycles. The van der Waals surface area contributed by atoms with Crippen LogP contribution in [0, 0.1) is 25.5 Å². The van der Waals surface area contributed by atoms with Gasteiger partial charge >= 0.3 is 0 Å². The summed E-state index contributed by atoms with van der Waals surface area (Å²) in [6.07, 6.45) is 0.425. The van der Waals surface area contributed by atoms with Crippen molar-refractivity contribution in [1.82, 2.24) is 10.4 Å². The third kappa shape index (κ3) is 2.97. The zero-order valence-electron chi connectivity index (χ0n) is 10.7. The van der Waals surface area contributed by atoms with E-state index in [0.29, 0.717) is 6.42 Å². The molecule has 1 aromatic carbocycles. The van der Waals surface area contributed by atoms with Gasteiger partial charge in [-0.3, -0.25) is 11.3 Å². The number of hydrogen-bond donors (Lipinski definition) is 2. The highest BCUT2D eigenvalue weighted by molar-refractivity contribution is 7.09. The molecule has 0 spiro atoms. The van der Waals surface area contributed by atoms with Crippen molar-refractivity contribution in [2.24, 2.45) is 5.84 Å². The fraction of sp³-hybridized carbons (Fsp3) is 0.308. The van der Waals surface area contributed by atoms with Crippen LogP contribution in [0.1, 0.15) is 27.9 Å². The lowest BCUT2D eigenvalue weighted by Gasteiger charge is -2.16. The second-order valence-corrected chi connectivity index (χ2v) is 5.35. The molecule has 0 saturated heterocycles. The van der Waals surface area contributed by atoms with Gasteiger partial charge in [-0.25, -0.2) is 13.8 Å². The number of aromatic nitrogens is 1. The first kappa shape index (κ1) is 14.0. The number of nitrogens with zero attached hydrogens (tertiary/aromatic N) is 1. The van der Waals surface area contributed by atoms with Crippen LogP contribution in [0.2, 0.25) is 0 Å². The largest absolute Gasteiger partial charge is 0.271 e. The molecule has 102 valence electrons. The first-order chi connectivity index (χ1) is 9.02. The normalized spacial score (nSPS) is 12.7. The smallest absolute Gasteiger partial charge is 0.163 e. The lowest BCUT2D eigenvalue weighted by Crippen LogP contribution is -2.30. The van der Waals surface area contributed by atoms with E-state index in [1.807, 2.05) is 12.3 Å². The Morgan fingerprint density at radius 3 is 2.63 bits per heavy atom. The van der Waals surface area contributed by atoms with Gasteiger partial charge in [-0.05, 0) is 19.4 Å². The second-order valence-electron chi connectivity index (χ2n) is 4.41. The van der Waals surface area contributed by atoms with Gasteiger partial charge in [-0.15, -0.1) is 11.3 Å². The molecular weight excluding hydrogens is 268 g/mol. The molecule has 1 atom stereocenters. The molecule has 0 aliphatic heterocycles. The molecule has 19 heavy (non-hydrogen) atoms. The van der Waals surface area contributed by atoms with E-state index in [1.54, 1.807) is 12.1 Å². The second kappa shape index (κ2) is 5.73. The van der Waals surface area contributed by atoms with E-state index in [1.165, 1.54) is 18.3 Å². The predicted octanol–water partition coefficient (Wildman–Crippen LogP) is 2.79. The summed E-state index contributed by atoms with van der Waals surface area (Å²) in [5.74, 6) is 3.78. The zero-order valence-corrected chi connectivity index (χ0v) is 11.5. The van der Waals surface area contributed by atoms with Gasteiger partial charge in [-0.2, -0.15) is 0 Å². The Kier molecular flexibility index (Phi) is 4.24. The number of benzene rings is 1. The van der Waals surface area contributed by atoms with Crippen molar-refractivity contribution in [3.05, 3.63) is 51.0 Å². The molecule has 1 unspecified atom stereocenters. The Bertz CT molecular complexity index is 583. The third-order valence-corrected chi connectivity index (χ3v) is 3.92. The highest BCUT2D eigenvalue weighted by Crippen LogP contribution is 2.25. The summed E-state index contributed by atoms with van der Waals surface area (Å²) >= 11 is 1.48. The van der Waals surface area contributed by atoms with Crippen LogP contribution in [-0.4, -0.2) is 4.98 Å². The number of nitrogens with one attached hydrogen (secondary N) is 1. The quantitative estimate of drug-likeness (QED) is 0.670. The van der Waals surface area contributed by atoms with E-state index < -0.39 is 17.7 Å². The number of hydrazine groups is 1. The SMILES string of the molecule is Cc1csc(CC(NN)c2ccc(C)c(F)c2F)n1. The van der Waals surface area contributed by atoms with Gasteiger partial charge in [0.1, 0.15) is 0 Å². The minimum Gasteiger partial charge on any atom is -0.271 e. The van der Waals surface area contributed by atoms with E-state index in [9.17, 15) is 8.78 Å². The Balaban J connectivity index is 2.29. The molecule has 0 bridgehead atoms. The van der Waals surface area contributed by atoms with Crippen LogP contribution in [-0.2, 0) is 6.42 Å². The van der Waals surface area contributed by atoms with Crippen LogP contribution in [0.4, 0.5) is 8.78 Å². The van der Waals surface area contributed by atoms with E-state index in [0.717, 1.165) is 10.7 Å². The molecule has 1 aromatic heterocycles. The Morgan fingerprint density at radius 2 is 2.05 bits per heavy atom. The maximum Gasteiger partial charge on any atom is 0.163 e. The lowest BCUT2D eigenvalue weighted by molar-refractivity contribution is 0.460. The summed E-state index contributed by atoms with van der Waals surface area (Å²) in [6.45, 7) is 3.41. The molecule has 3 N–H and O–H groups in total. The Hall–Kier alpha value is -1.37. The van der Waals surface area contributed by atoms with Gasteiger partial charge in [0.15, 0.2) is 11.6 Å². The summed E-state index contributed by atoms with van der Waals surface area (Å²) in [5.41, 5.74) is 3.93. The maximum absolute atomic E-state index is 13.9. The van der Waals surface area contributed by atoms with Crippen LogP contribution >= 0.6 is 11.3 Å². The fourth-order valence-corrected chi connectivity index (χ4v) is 2.68. The van der Waals surface area contributed by atoms with Gasteiger partial charge < -0.3 is 0 Å². The van der Waals surface area contributed by atoms with E-state index >= 15 is 0 Å². The molecule has 3 nitrogen and oxygen atoms in total. The molecule has 2 aromatic rings. The number of rotatable bonds is 4. The average molecular weight is 283 g/mol. The van der Waals surface area contributed by atoms with Crippen molar-refractivity contribution in [3.63, 3.8) is 0 Å². The minimum atomic E-state index is -0.851. The van der Waals surface area contributed by atoms with Crippen LogP contribution in [0.5, 0.6) is 0 Å². The highest BCUT2D eigenvalue weighted by Gasteiger charge is 2.20. The van der Waals surface area contributed by atoms with Gasteiger partial charge in [0.2, 0.25) is 0 Å². The van der Waals surface area contributed by atoms with E-state index in [4.69, 9.17) is 5.84 Å². The van der Waals surface area contributed by atoms with Crippen molar-refractivity contribution in [2.45, 2.75) is 26.3 Å². The number of halogens is 2. The summed E-state index contributed by atoms with van der Waals surface area (Å²) in [7, 11) is 0. The molecular formula is C13H15F2N3S. The molecule has 2 rings (SSSR count). The molecule has 6 heteroatoms. The monoisotopic (exact) mass is 283 g/mol. The number of nitrogens with two attached hydrogens (primary N) is 1. The fourth-order valence-electron chi connectivity index (χ4n) is 1.86. The van der Waals surface area contributed by atoms with Crippen molar-refractivity contribution in [3.8, 4) is 0 Å². The topological polar surface area (TPSA) is 50.9 Å². The van der Waals surface area contributed by atoms with E-state index in [-0.39, 0.29) is 11.1 Å². The molecule has 0 radical (unpaired) electrons. The van der Waals surface area contributed by atoms with Crippen LogP contribution in [0.25, 0.3) is 0 Å². The summed E-state index contributed by atoms with van der Waals surface area (Å²) in [4.78, 5) is 4.30. The number of hydrogen-bond acceptors (Lipinski definition) is 4. The van der Waals surface area contributed by atoms with Crippen LogP contribution < -0.4 is 11.3 Å². The Labute approximate surface area is 114 Å². The number of aryl methyl sites for hydroxylation is 2. The standard InChI is InChI=1S/C13H15F2N3S/c1-7-3-4-9(13(15)12(7)14)10(18-16)5-11-17-8(2)6-19-11/h3-4,6,10,18H,5,16H2,1-2H3. The first-order valence-electron chi connectivity index (χ1n) is 5.84. The van der Waals surface area contributed by atoms with Gasteiger partial charge in [0, 0.05) is 23.1 Å².